The normalized spacial score (nSPS) is 13.0. The molecule has 0 spiro atoms. The van der Waals surface area contributed by atoms with Crippen LogP contribution < -0.4 is 35.3 Å². The van der Waals surface area contributed by atoms with Crippen molar-refractivity contribution in [3.05, 3.63) is 122 Å². The number of aliphatic imine (C=N–C) groups is 1. The van der Waals surface area contributed by atoms with E-state index in [2.05, 4.69) is 90.3 Å². The fourth-order valence-electron chi connectivity index (χ4n) is 7.14. The molecule has 2 fully saturated rings. The van der Waals surface area contributed by atoms with Gasteiger partial charge in [0.15, 0.2) is 0 Å². The molecule has 5 N–H and O–H groups in total. The van der Waals surface area contributed by atoms with Crippen molar-refractivity contribution in [1.29, 1.82) is 0 Å². The summed E-state index contributed by atoms with van der Waals surface area (Å²) in [6.07, 6.45) is 16.6. The Bertz CT molecular complexity index is 3430. The van der Waals surface area contributed by atoms with Crippen LogP contribution in [-0.4, -0.2) is 181 Å². The van der Waals surface area contributed by atoms with Crippen molar-refractivity contribution in [3.8, 4) is 33.8 Å². The second-order valence-electron chi connectivity index (χ2n) is 18.7. The molecule has 7 aromatic rings. The first kappa shape index (κ1) is 82.0. The van der Waals surface area contributed by atoms with Gasteiger partial charge in [-0.15, -0.1) is 0 Å². The average Bonchev–Trinajstić information content (AvgIpc) is 2.94. The number of aryl methyl sites for hydroxylation is 7. The third kappa shape index (κ3) is 23.1. The number of aromatic carboxylic acids is 1. The molecule has 0 aromatic carbocycles. The summed E-state index contributed by atoms with van der Waals surface area (Å²) < 4.78 is 35.9. The predicted molar refractivity (Wildman–Crippen MR) is 332 cm³/mol. The minimum atomic E-state index is -1.16. The molecule has 0 radical (unpaired) electrons. The van der Waals surface area contributed by atoms with E-state index in [1.807, 2.05) is 47.7 Å². The summed E-state index contributed by atoms with van der Waals surface area (Å²) in [5.74, 6) is -2.84. The summed E-state index contributed by atoms with van der Waals surface area (Å²) in [5.41, 5.74) is 12.5. The van der Waals surface area contributed by atoms with E-state index in [1.165, 1.54) is 65.2 Å². The Kier molecular flexibility index (Phi) is 36.1. The summed E-state index contributed by atoms with van der Waals surface area (Å²) >= 11 is 15.3. The third-order valence-corrected chi connectivity index (χ3v) is 13.7. The van der Waals surface area contributed by atoms with Gasteiger partial charge in [0.2, 0.25) is 23.3 Å². The number of carbonyl (C=O) groups excluding carboxylic acids is 3. The molecule has 0 bridgehead atoms. The van der Waals surface area contributed by atoms with Crippen LogP contribution in [0.2, 0.25) is 10.0 Å². The second-order valence-corrected chi connectivity index (χ2v) is 20.3. The van der Waals surface area contributed by atoms with E-state index in [0.717, 1.165) is 41.6 Å². The van der Waals surface area contributed by atoms with Gasteiger partial charge in [0.25, 0.3) is 0 Å². The van der Waals surface area contributed by atoms with Crippen LogP contribution in [0.15, 0.2) is 71.2 Å². The molecule has 2 aliphatic heterocycles. The number of hydrogen-bond acceptors (Lipinski definition) is 25. The maximum atomic E-state index is 11.3. The standard InChI is InChI=1S/C11H11ClN4O2.C11H12N4O2.C10H19BN2O2.C10H9ClN4O2.C7H7BrN2O2.C4H8O.CH4O.CH4.Na.H2O/c1-6-7(9-8(12)5-14-16(9)2)4-13-10(15-6)11(17)18-3;1-7-8(9-4-5-13-15(9)2)6-12-10(14-7)11(16)17-3;1-9(2)10(3,4)15-11(14-9)8(13-5)6-7-12;1-5-6(3-12-9(14-5)10(16)17)8-7(11)4-13-15(8)2;1-4-5(8)3-9-6(10-4)7(11)12-2;1-2-4-5-3-1;1-2;;;/h4-5H,1-3H3;4-6H,1-3H3;6-7H,12H2,1-5H3;3-4H,1-2H3,(H,16,17);3H,1-2H3;1-4H2;2H,1H3;1H4;;1H2/q;;;;;;;;+1;/p-1. The van der Waals surface area contributed by atoms with Gasteiger partial charge >= 0.3 is 60.6 Å². The zero-order valence-electron chi connectivity index (χ0n) is 52.0. The van der Waals surface area contributed by atoms with Gasteiger partial charge in [0, 0.05) is 96.2 Å². The Labute approximate surface area is 557 Å². The maximum Gasteiger partial charge on any atom is 1.00 e. The van der Waals surface area contributed by atoms with Crippen molar-refractivity contribution in [1.82, 2.24) is 69.2 Å². The number of rotatable bonds is 9. The van der Waals surface area contributed by atoms with Crippen molar-refractivity contribution in [2.75, 3.05) is 48.7 Å². The van der Waals surface area contributed by atoms with E-state index in [-0.39, 0.29) is 77.0 Å². The maximum absolute atomic E-state index is 11.3. The number of esters is 3. The van der Waals surface area contributed by atoms with Gasteiger partial charge in [0.1, 0.15) is 0 Å². The SMILES string of the molecule is C.C1CCOC1.CN=C(C=CN)B1OC(C)(C)C(C)(C)O1.CO.COC(=O)c1ncc(-c2c(Cl)cnn2C)c(C)n1.COC(=O)c1ncc(-c2ccnn2C)c(C)n1.COC(=O)c1ncc(Br)c(C)n1.Cc1nc(C(=O)O)ncc1-c1c(Cl)cnn1C.[Na+].[OH-]. The first-order valence-corrected chi connectivity index (χ1v) is 27.3. The monoisotopic (exact) mass is 1350 g/mol. The van der Waals surface area contributed by atoms with Crippen LogP contribution in [0.3, 0.4) is 0 Å². The smallest absolute Gasteiger partial charge is 0.870 e. The topological polar surface area (TPSA) is 389 Å². The molecule has 0 amide bonds. The Morgan fingerprint density at radius 3 is 1.35 bits per heavy atom. The molecule has 9 rings (SSSR count). The molecule has 29 nitrogen and oxygen atoms in total. The van der Waals surface area contributed by atoms with E-state index < -0.39 is 31.0 Å². The van der Waals surface area contributed by atoms with Crippen LogP contribution in [0.4, 0.5) is 0 Å². The number of halogens is 3. The Hall–Kier alpha value is -7.04. The van der Waals surface area contributed by atoms with Crippen molar-refractivity contribution in [2.24, 2.45) is 31.9 Å². The number of allylic oxidation sites excluding steroid dienone is 1. The van der Waals surface area contributed by atoms with E-state index in [9.17, 15) is 19.2 Å². The summed E-state index contributed by atoms with van der Waals surface area (Å²) in [6, 6.07) is 1.86. The fraction of sp³-hybridized carbons (Fsp3) is 0.418. The largest absolute Gasteiger partial charge is 1.00 e. The Balaban J connectivity index is 0.00000105. The van der Waals surface area contributed by atoms with Crippen LogP contribution in [0.5, 0.6) is 0 Å². The Morgan fingerprint density at radius 2 is 1.04 bits per heavy atom. The predicted octanol–water partition coefficient (Wildman–Crippen LogP) is 4.50. The average molecular weight is 1350 g/mol. The Morgan fingerprint density at radius 1 is 0.663 bits per heavy atom. The van der Waals surface area contributed by atoms with Crippen LogP contribution in [0.1, 0.15) is 113 Å². The number of nitrogens with zero attached hydrogens (tertiary/aromatic N) is 15. The van der Waals surface area contributed by atoms with Crippen LogP contribution in [0, 0.1) is 27.7 Å². The van der Waals surface area contributed by atoms with Crippen LogP contribution >= 0.6 is 39.1 Å². The van der Waals surface area contributed by atoms with Crippen LogP contribution in [-0.2, 0) is 49.4 Å². The number of aliphatic hydroxyl groups is 1. The van der Waals surface area contributed by atoms with Crippen molar-refractivity contribution in [2.45, 2.75) is 86.9 Å². The van der Waals surface area contributed by atoms with E-state index in [4.69, 9.17) is 53.2 Å². The molecule has 89 heavy (non-hydrogen) atoms. The summed E-state index contributed by atoms with van der Waals surface area (Å²) in [7, 11) is 11.5. The van der Waals surface area contributed by atoms with Crippen molar-refractivity contribution >= 4 is 75.7 Å². The molecule has 0 saturated carbocycles. The molecular weight excluding hydrogens is 1280 g/mol. The molecule has 2 aliphatic rings. The van der Waals surface area contributed by atoms with Gasteiger partial charge in [-0.3, -0.25) is 19.0 Å². The molecule has 0 aliphatic carbocycles. The number of carboxylic acids is 1. The summed E-state index contributed by atoms with van der Waals surface area (Å²) in [5, 5.41) is 28.9. The van der Waals surface area contributed by atoms with Gasteiger partial charge < -0.3 is 49.7 Å². The minimum absolute atomic E-state index is 0. The fourth-order valence-corrected chi connectivity index (χ4v) is 7.87. The number of hydrogen-bond donors (Lipinski definition) is 3. The number of carbonyl (C=O) groups is 4. The van der Waals surface area contributed by atoms with E-state index in [1.54, 1.807) is 80.6 Å². The van der Waals surface area contributed by atoms with E-state index >= 15 is 0 Å². The number of carboxylic acid groups (broad SMARTS) is 1. The van der Waals surface area contributed by atoms with Crippen molar-refractivity contribution in [3.63, 3.8) is 0 Å². The summed E-state index contributed by atoms with van der Waals surface area (Å²) in [6.45, 7) is 17.1. The van der Waals surface area contributed by atoms with Crippen LogP contribution in [0.25, 0.3) is 33.8 Å². The van der Waals surface area contributed by atoms with Crippen molar-refractivity contribution < 1.29 is 92.7 Å². The molecule has 2 saturated heterocycles. The molecule has 7 aromatic heterocycles. The third-order valence-electron chi connectivity index (χ3n) is 12.4. The number of aromatic nitrogens is 14. The van der Waals surface area contributed by atoms with Gasteiger partial charge in [0.05, 0.1) is 105 Å². The molecule has 478 valence electrons. The summed E-state index contributed by atoms with van der Waals surface area (Å²) in [4.78, 5) is 79.8. The molecule has 34 heteroatoms. The number of methoxy groups -OCH3 is 3. The first-order valence-electron chi connectivity index (χ1n) is 25.7. The van der Waals surface area contributed by atoms with Gasteiger partial charge in [-0.1, -0.05) is 30.6 Å². The quantitative estimate of drug-likeness (QED) is 0.0775. The second kappa shape index (κ2) is 39.2. The number of ether oxygens (including phenoxy) is 4. The molecule has 9 heterocycles. The van der Waals surface area contributed by atoms with Gasteiger partial charge in [-0.05, 0) is 103 Å². The molecular formula is C55H75BBrCl2N16NaO13. The number of aliphatic hydroxyl groups excluding tert-OH is 1. The molecule has 0 unspecified atom stereocenters. The zero-order valence-corrected chi connectivity index (χ0v) is 57.1. The zero-order chi connectivity index (χ0) is 64.6. The van der Waals surface area contributed by atoms with Gasteiger partial charge in [-0.2, -0.15) is 15.3 Å². The molecule has 0 atom stereocenters. The number of nitrogens with two attached hydrogens (primary N) is 1. The van der Waals surface area contributed by atoms with Gasteiger partial charge in [-0.25, -0.2) is 59.0 Å². The van der Waals surface area contributed by atoms with E-state index in [0.29, 0.717) is 55.4 Å². The first-order chi connectivity index (χ1) is 40.7. The minimum Gasteiger partial charge on any atom is -0.870 e.